The van der Waals surface area contributed by atoms with Crippen molar-refractivity contribution in [3.63, 3.8) is 0 Å². The number of rotatable bonds is 9. The molecule has 1 aliphatic carbocycles. The van der Waals surface area contributed by atoms with Crippen molar-refractivity contribution in [3.8, 4) is 0 Å². The zero-order chi connectivity index (χ0) is 20.2. The zero-order valence-corrected chi connectivity index (χ0v) is 16.9. The number of nitrogens with one attached hydrogen (secondary N) is 1. The molecule has 0 spiro atoms. The molecule has 28 heavy (non-hydrogen) atoms. The molecule has 5 nitrogen and oxygen atoms in total. The number of hydrogen-bond donors (Lipinski definition) is 2. The molecule has 0 unspecified atom stereocenters. The zero-order valence-electron chi connectivity index (χ0n) is 16.9. The van der Waals surface area contributed by atoms with E-state index in [4.69, 9.17) is 5.11 Å². The molecule has 1 aliphatic rings. The first-order valence-electron chi connectivity index (χ1n) is 10.1. The second kappa shape index (κ2) is 11.9. The third-order valence-corrected chi connectivity index (χ3v) is 4.33. The van der Waals surface area contributed by atoms with E-state index in [0.717, 1.165) is 17.8 Å². The molecule has 5 heteroatoms. The van der Waals surface area contributed by atoms with Gasteiger partial charge in [0.25, 0.3) is 0 Å². The Hall–Kier alpha value is -2.69. The molecule has 1 aromatic heterocycles. The van der Waals surface area contributed by atoms with Crippen LogP contribution in [0.1, 0.15) is 69.2 Å². The lowest BCUT2D eigenvalue weighted by Gasteiger charge is -2.07. The molecule has 1 saturated carbocycles. The van der Waals surface area contributed by atoms with Crippen LogP contribution in [0.15, 0.2) is 48.6 Å². The lowest BCUT2D eigenvalue weighted by Crippen LogP contribution is -2.01. The summed E-state index contributed by atoms with van der Waals surface area (Å²) in [5, 5.41) is 11.5. The molecule has 1 aromatic carbocycles. The Morgan fingerprint density at radius 1 is 1.18 bits per heavy atom. The Morgan fingerprint density at radius 2 is 1.93 bits per heavy atom. The summed E-state index contributed by atoms with van der Waals surface area (Å²) in [7, 11) is 0. The number of benzene rings is 1. The van der Waals surface area contributed by atoms with Gasteiger partial charge < -0.3 is 10.4 Å². The van der Waals surface area contributed by atoms with Crippen molar-refractivity contribution in [2.75, 3.05) is 5.32 Å². The highest BCUT2D eigenvalue weighted by Crippen LogP contribution is 2.39. The molecular formula is C23H31N3O2. The topological polar surface area (TPSA) is 75.1 Å². The van der Waals surface area contributed by atoms with Crippen LogP contribution in [0.25, 0.3) is 0 Å². The van der Waals surface area contributed by atoms with Crippen LogP contribution in [0.5, 0.6) is 0 Å². The summed E-state index contributed by atoms with van der Waals surface area (Å²) in [6.07, 6.45) is 11.0. The van der Waals surface area contributed by atoms with Gasteiger partial charge in [0.1, 0.15) is 0 Å². The SMILES string of the molecule is CCCCC/C=C/CC(=O)O.Cc1cc(C2CC2)nc(Nc2ccccc2)n1. The second-order valence-electron chi connectivity index (χ2n) is 7.09. The number of carboxylic acids is 1. The van der Waals surface area contributed by atoms with Gasteiger partial charge in [-0.25, -0.2) is 9.97 Å². The number of aryl methyl sites for hydroxylation is 1. The van der Waals surface area contributed by atoms with Gasteiger partial charge in [-0.1, -0.05) is 50.1 Å². The predicted octanol–water partition coefficient (Wildman–Crippen LogP) is 6.00. The van der Waals surface area contributed by atoms with E-state index in [9.17, 15) is 4.79 Å². The van der Waals surface area contributed by atoms with E-state index in [2.05, 4.69) is 28.3 Å². The number of unbranched alkanes of at least 4 members (excludes halogenated alkanes) is 3. The highest BCUT2D eigenvalue weighted by atomic mass is 16.4. The van der Waals surface area contributed by atoms with Gasteiger partial charge in [-0.15, -0.1) is 0 Å². The van der Waals surface area contributed by atoms with Gasteiger partial charge in [-0.2, -0.15) is 0 Å². The smallest absolute Gasteiger partial charge is 0.307 e. The molecule has 0 bridgehead atoms. The highest BCUT2D eigenvalue weighted by Gasteiger charge is 2.25. The van der Waals surface area contributed by atoms with Crippen LogP contribution in [-0.4, -0.2) is 21.0 Å². The maximum atomic E-state index is 10.0. The molecule has 1 fully saturated rings. The maximum Gasteiger partial charge on any atom is 0.307 e. The highest BCUT2D eigenvalue weighted by molar-refractivity contribution is 5.68. The summed E-state index contributed by atoms with van der Waals surface area (Å²) in [5.74, 6) is 0.614. The summed E-state index contributed by atoms with van der Waals surface area (Å²) < 4.78 is 0. The van der Waals surface area contributed by atoms with Gasteiger partial charge in [0.15, 0.2) is 0 Å². The largest absolute Gasteiger partial charge is 0.481 e. The Morgan fingerprint density at radius 3 is 2.57 bits per heavy atom. The number of carbonyl (C=O) groups is 1. The predicted molar refractivity (Wildman–Crippen MR) is 114 cm³/mol. The van der Waals surface area contributed by atoms with E-state index in [1.807, 2.05) is 43.3 Å². The fraction of sp³-hybridized carbons (Fsp3) is 0.435. The summed E-state index contributed by atoms with van der Waals surface area (Å²) in [4.78, 5) is 19.0. The lowest BCUT2D eigenvalue weighted by molar-refractivity contribution is -0.136. The van der Waals surface area contributed by atoms with E-state index in [-0.39, 0.29) is 6.42 Å². The Labute approximate surface area is 167 Å². The normalized spacial score (nSPS) is 13.1. The number of nitrogens with zero attached hydrogens (tertiary/aromatic N) is 2. The summed E-state index contributed by atoms with van der Waals surface area (Å²) >= 11 is 0. The van der Waals surface area contributed by atoms with Crippen molar-refractivity contribution < 1.29 is 9.90 Å². The second-order valence-corrected chi connectivity index (χ2v) is 7.09. The number of aromatic nitrogens is 2. The maximum absolute atomic E-state index is 10.0. The average Bonchev–Trinajstić information content (AvgIpc) is 3.51. The van der Waals surface area contributed by atoms with Gasteiger partial charge in [-0.05, 0) is 50.8 Å². The minimum absolute atomic E-state index is 0.159. The minimum atomic E-state index is -0.753. The minimum Gasteiger partial charge on any atom is -0.481 e. The van der Waals surface area contributed by atoms with Crippen LogP contribution in [-0.2, 0) is 4.79 Å². The fourth-order valence-corrected chi connectivity index (χ4v) is 2.70. The van der Waals surface area contributed by atoms with E-state index < -0.39 is 5.97 Å². The molecule has 0 amide bonds. The summed E-state index contributed by atoms with van der Waals surface area (Å²) in [6, 6.07) is 12.1. The van der Waals surface area contributed by atoms with Crippen LogP contribution in [0.2, 0.25) is 0 Å². The monoisotopic (exact) mass is 381 g/mol. The van der Waals surface area contributed by atoms with E-state index in [1.165, 1.54) is 37.8 Å². The van der Waals surface area contributed by atoms with Gasteiger partial charge in [-0.3, -0.25) is 4.79 Å². The molecule has 2 aromatic rings. The van der Waals surface area contributed by atoms with Crippen molar-refractivity contribution >= 4 is 17.6 Å². The van der Waals surface area contributed by atoms with Crippen molar-refractivity contribution in [2.45, 2.75) is 64.7 Å². The molecule has 2 N–H and O–H groups in total. The van der Waals surface area contributed by atoms with Crippen LogP contribution >= 0.6 is 0 Å². The van der Waals surface area contributed by atoms with Gasteiger partial charge >= 0.3 is 5.97 Å². The average molecular weight is 382 g/mol. The third kappa shape index (κ3) is 8.80. The summed E-state index contributed by atoms with van der Waals surface area (Å²) in [5.41, 5.74) is 3.23. The molecule has 3 rings (SSSR count). The first-order valence-corrected chi connectivity index (χ1v) is 10.1. The molecule has 1 heterocycles. The van der Waals surface area contributed by atoms with Gasteiger partial charge in [0.05, 0.1) is 6.42 Å². The van der Waals surface area contributed by atoms with Crippen LogP contribution in [0.4, 0.5) is 11.6 Å². The standard InChI is InChI=1S/C14H15N3.C9H16O2/c1-10-9-13(11-7-8-11)17-14(15-10)16-12-5-3-2-4-6-12;1-2-3-4-5-6-7-8-9(10)11/h2-6,9,11H,7-8H2,1H3,(H,15,16,17);6-7H,2-5,8H2,1H3,(H,10,11)/b;7-6+. The van der Waals surface area contributed by atoms with Crippen molar-refractivity contribution in [3.05, 3.63) is 59.9 Å². The molecule has 0 atom stereocenters. The van der Waals surface area contributed by atoms with Crippen molar-refractivity contribution in [1.82, 2.24) is 9.97 Å². The van der Waals surface area contributed by atoms with Crippen molar-refractivity contribution in [2.24, 2.45) is 0 Å². The molecule has 0 saturated heterocycles. The third-order valence-electron chi connectivity index (χ3n) is 4.33. The van der Waals surface area contributed by atoms with E-state index >= 15 is 0 Å². The van der Waals surface area contributed by atoms with E-state index in [0.29, 0.717) is 11.9 Å². The molecule has 150 valence electrons. The van der Waals surface area contributed by atoms with Crippen LogP contribution in [0, 0.1) is 6.92 Å². The quantitative estimate of drug-likeness (QED) is 0.411. The van der Waals surface area contributed by atoms with Crippen LogP contribution in [0.3, 0.4) is 0 Å². The van der Waals surface area contributed by atoms with Gasteiger partial charge in [0.2, 0.25) is 5.95 Å². The lowest BCUT2D eigenvalue weighted by atomic mass is 10.2. The number of hydrogen-bond acceptors (Lipinski definition) is 4. The van der Waals surface area contributed by atoms with Gasteiger partial charge in [0, 0.05) is 23.0 Å². The number of para-hydroxylation sites is 1. The first-order chi connectivity index (χ1) is 13.6. The Balaban J connectivity index is 0.000000224. The number of allylic oxidation sites excluding steroid dienone is 1. The van der Waals surface area contributed by atoms with Crippen LogP contribution < -0.4 is 5.32 Å². The number of aliphatic carboxylic acids is 1. The first kappa shape index (κ1) is 21.6. The molecule has 0 radical (unpaired) electrons. The van der Waals surface area contributed by atoms with E-state index in [1.54, 1.807) is 6.08 Å². The molecular weight excluding hydrogens is 350 g/mol. The Bertz CT molecular complexity index is 756. The number of anilines is 2. The summed E-state index contributed by atoms with van der Waals surface area (Å²) in [6.45, 7) is 4.17. The van der Waals surface area contributed by atoms with Crippen molar-refractivity contribution in [1.29, 1.82) is 0 Å². The fourth-order valence-electron chi connectivity index (χ4n) is 2.70. The number of carboxylic acid groups (broad SMARTS) is 1. The molecule has 0 aliphatic heterocycles. The Kier molecular flexibility index (Phi) is 9.19.